The summed E-state index contributed by atoms with van der Waals surface area (Å²) in [5, 5.41) is 3.70. The Morgan fingerprint density at radius 1 is 1.03 bits per heavy atom. The maximum atomic E-state index is 14.1. The van der Waals surface area contributed by atoms with Gasteiger partial charge in [-0.05, 0) is 24.6 Å². The van der Waals surface area contributed by atoms with E-state index in [1.165, 1.54) is 29.7 Å². The molecule has 6 nitrogen and oxygen atoms in total. The van der Waals surface area contributed by atoms with E-state index in [4.69, 9.17) is 0 Å². The predicted molar refractivity (Wildman–Crippen MR) is 127 cm³/mol. The predicted octanol–water partition coefficient (Wildman–Crippen LogP) is 3.66. The number of para-hydroxylation sites is 1. The number of hydrogen-bond donors (Lipinski definition) is 1. The Labute approximate surface area is 191 Å². The van der Waals surface area contributed by atoms with Gasteiger partial charge in [-0.25, -0.2) is 14.4 Å². The van der Waals surface area contributed by atoms with Crippen LogP contribution in [0.25, 0.3) is 0 Å². The number of carbonyl (C=O) groups is 1. The van der Waals surface area contributed by atoms with Gasteiger partial charge in [0.1, 0.15) is 23.0 Å². The Bertz CT molecular complexity index is 1050. The number of aromatic nitrogens is 2. The van der Waals surface area contributed by atoms with Crippen LogP contribution in [0.15, 0.2) is 66.0 Å². The molecule has 1 aliphatic rings. The van der Waals surface area contributed by atoms with Crippen LogP contribution < -0.4 is 15.1 Å². The number of hydrogen-bond acceptors (Lipinski definition) is 6. The van der Waals surface area contributed by atoms with Crippen molar-refractivity contribution in [2.45, 2.75) is 18.5 Å². The Morgan fingerprint density at radius 2 is 1.75 bits per heavy atom. The third-order valence-electron chi connectivity index (χ3n) is 5.39. The lowest BCUT2D eigenvalue weighted by Gasteiger charge is -2.36. The van der Waals surface area contributed by atoms with Gasteiger partial charge >= 0.3 is 0 Å². The number of anilines is 2. The van der Waals surface area contributed by atoms with E-state index < -0.39 is 0 Å². The molecular formula is C24H26FN5OS. The van der Waals surface area contributed by atoms with Crippen molar-refractivity contribution in [2.24, 2.45) is 0 Å². The Balaban J connectivity index is 1.27. The molecule has 1 amide bonds. The molecule has 1 N–H and O–H groups in total. The molecule has 1 aromatic heterocycles. The molecule has 1 fully saturated rings. The lowest BCUT2D eigenvalue weighted by atomic mass is 10.1. The van der Waals surface area contributed by atoms with Crippen molar-refractivity contribution in [3.8, 4) is 0 Å². The molecule has 0 spiro atoms. The number of rotatable bonds is 7. The van der Waals surface area contributed by atoms with Gasteiger partial charge in [0, 0.05) is 38.8 Å². The van der Waals surface area contributed by atoms with Crippen molar-refractivity contribution in [1.29, 1.82) is 0 Å². The number of nitrogens with zero attached hydrogens (tertiary/aromatic N) is 4. The van der Waals surface area contributed by atoms with Crippen molar-refractivity contribution in [3.63, 3.8) is 0 Å². The lowest BCUT2D eigenvalue weighted by molar-refractivity contribution is -0.118. The molecular weight excluding hydrogens is 425 g/mol. The molecule has 0 atom stereocenters. The van der Waals surface area contributed by atoms with Crippen molar-refractivity contribution in [3.05, 3.63) is 77.9 Å². The summed E-state index contributed by atoms with van der Waals surface area (Å²) in [6, 6.07) is 16.9. The SMILES string of the molecule is Cc1ccc(CNC(=O)CSc2cc(N3CCN(c4ccccc4F)CC3)ncn2)cc1. The summed E-state index contributed by atoms with van der Waals surface area (Å²) in [6.07, 6.45) is 1.53. The van der Waals surface area contributed by atoms with E-state index in [9.17, 15) is 9.18 Å². The second kappa shape index (κ2) is 10.5. The average Bonchev–Trinajstić information content (AvgIpc) is 2.83. The van der Waals surface area contributed by atoms with Gasteiger partial charge < -0.3 is 15.1 Å². The van der Waals surface area contributed by atoms with Gasteiger partial charge in [-0.3, -0.25) is 4.79 Å². The summed E-state index contributed by atoms with van der Waals surface area (Å²) in [7, 11) is 0. The zero-order valence-electron chi connectivity index (χ0n) is 18.0. The zero-order valence-corrected chi connectivity index (χ0v) is 18.8. The number of thioether (sulfide) groups is 1. The van der Waals surface area contributed by atoms with E-state index >= 15 is 0 Å². The van der Waals surface area contributed by atoms with Crippen LogP contribution in [0.3, 0.4) is 0 Å². The van der Waals surface area contributed by atoms with Crippen LogP contribution in [0.4, 0.5) is 15.9 Å². The highest BCUT2D eigenvalue weighted by atomic mass is 32.2. The quantitative estimate of drug-likeness (QED) is 0.437. The molecule has 0 radical (unpaired) electrons. The highest BCUT2D eigenvalue weighted by molar-refractivity contribution is 7.99. The number of carbonyl (C=O) groups excluding carboxylic acids is 1. The summed E-state index contributed by atoms with van der Waals surface area (Å²) in [6.45, 7) is 5.47. The fraction of sp³-hybridized carbons (Fsp3) is 0.292. The molecule has 1 saturated heterocycles. The molecule has 166 valence electrons. The van der Waals surface area contributed by atoms with Crippen molar-refractivity contribution >= 4 is 29.2 Å². The topological polar surface area (TPSA) is 61.4 Å². The van der Waals surface area contributed by atoms with Gasteiger partial charge in [-0.2, -0.15) is 0 Å². The minimum absolute atomic E-state index is 0.0331. The smallest absolute Gasteiger partial charge is 0.230 e. The first-order valence-electron chi connectivity index (χ1n) is 10.6. The third-order valence-corrected chi connectivity index (χ3v) is 6.31. The van der Waals surface area contributed by atoms with Gasteiger partial charge in [-0.1, -0.05) is 53.7 Å². The van der Waals surface area contributed by atoms with Gasteiger partial charge in [0.15, 0.2) is 0 Å². The second-order valence-electron chi connectivity index (χ2n) is 7.69. The number of amides is 1. The Morgan fingerprint density at radius 3 is 2.50 bits per heavy atom. The molecule has 0 unspecified atom stereocenters. The summed E-state index contributed by atoms with van der Waals surface area (Å²) in [5.41, 5.74) is 2.92. The first kappa shape index (κ1) is 22.1. The largest absolute Gasteiger partial charge is 0.366 e. The normalized spacial score (nSPS) is 13.8. The van der Waals surface area contributed by atoms with E-state index in [0.717, 1.165) is 42.6 Å². The molecule has 3 aromatic rings. The standard InChI is InChI=1S/C24H26FN5OS/c1-18-6-8-19(9-7-18)15-26-23(31)16-32-24-14-22(27-17-28-24)30-12-10-29(11-13-30)21-5-3-2-4-20(21)25/h2-9,14,17H,10-13,15-16H2,1H3,(H,26,31). The van der Waals surface area contributed by atoms with Crippen LogP contribution in [-0.4, -0.2) is 47.8 Å². The van der Waals surface area contributed by atoms with Crippen LogP contribution in [0.5, 0.6) is 0 Å². The van der Waals surface area contributed by atoms with Gasteiger partial charge in [0.2, 0.25) is 5.91 Å². The number of benzene rings is 2. The molecule has 2 aromatic carbocycles. The molecule has 0 aliphatic carbocycles. The zero-order chi connectivity index (χ0) is 22.3. The monoisotopic (exact) mass is 451 g/mol. The van der Waals surface area contributed by atoms with Crippen LogP contribution in [0, 0.1) is 12.7 Å². The first-order chi connectivity index (χ1) is 15.6. The first-order valence-corrected chi connectivity index (χ1v) is 11.6. The minimum atomic E-state index is -0.192. The minimum Gasteiger partial charge on any atom is -0.366 e. The van der Waals surface area contributed by atoms with E-state index in [-0.39, 0.29) is 11.7 Å². The molecule has 2 heterocycles. The highest BCUT2D eigenvalue weighted by Gasteiger charge is 2.20. The fourth-order valence-electron chi connectivity index (χ4n) is 3.56. The van der Waals surface area contributed by atoms with Crippen LogP contribution in [-0.2, 0) is 11.3 Å². The van der Waals surface area contributed by atoms with Crippen LogP contribution in [0.2, 0.25) is 0 Å². The fourth-order valence-corrected chi connectivity index (χ4v) is 4.25. The Kier molecular flexibility index (Phi) is 7.21. The average molecular weight is 452 g/mol. The van der Waals surface area contributed by atoms with Gasteiger partial charge in [-0.15, -0.1) is 0 Å². The number of aryl methyl sites for hydroxylation is 1. The molecule has 1 aliphatic heterocycles. The maximum Gasteiger partial charge on any atom is 0.230 e. The highest BCUT2D eigenvalue weighted by Crippen LogP contribution is 2.24. The van der Waals surface area contributed by atoms with E-state index in [1.807, 2.05) is 49.4 Å². The van der Waals surface area contributed by atoms with Gasteiger partial charge in [0.25, 0.3) is 0 Å². The van der Waals surface area contributed by atoms with E-state index in [0.29, 0.717) is 18.0 Å². The maximum absolute atomic E-state index is 14.1. The molecule has 0 saturated carbocycles. The third kappa shape index (κ3) is 5.76. The number of halogens is 1. The summed E-state index contributed by atoms with van der Waals surface area (Å²) >= 11 is 1.39. The van der Waals surface area contributed by atoms with Crippen molar-refractivity contribution in [1.82, 2.24) is 15.3 Å². The molecule has 4 rings (SSSR count). The lowest BCUT2D eigenvalue weighted by Crippen LogP contribution is -2.47. The van der Waals surface area contributed by atoms with Crippen LogP contribution in [0.1, 0.15) is 11.1 Å². The van der Waals surface area contributed by atoms with Crippen molar-refractivity contribution in [2.75, 3.05) is 41.7 Å². The number of piperazine rings is 1. The molecule has 32 heavy (non-hydrogen) atoms. The van der Waals surface area contributed by atoms with E-state index in [1.54, 1.807) is 6.07 Å². The van der Waals surface area contributed by atoms with E-state index in [2.05, 4.69) is 25.1 Å². The van der Waals surface area contributed by atoms with Crippen LogP contribution >= 0.6 is 11.8 Å². The molecule has 8 heteroatoms. The second-order valence-corrected chi connectivity index (χ2v) is 8.69. The van der Waals surface area contributed by atoms with Crippen molar-refractivity contribution < 1.29 is 9.18 Å². The Hall–Kier alpha value is -3.13. The molecule has 0 bridgehead atoms. The summed E-state index contributed by atoms with van der Waals surface area (Å²) in [4.78, 5) is 25.1. The van der Waals surface area contributed by atoms with Gasteiger partial charge in [0.05, 0.1) is 11.4 Å². The summed E-state index contributed by atoms with van der Waals surface area (Å²) in [5.74, 6) is 0.899. The number of nitrogens with one attached hydrogen (secondary N) is 1. The summed E-state index contributed by atoms with van der Waals surface area (Å²) < 4.78 is 14.1.